The lowest BCUT2D eigenvalue weighted by Gasteiger charge is -2.21. The number of ether oxygens (including phenoxy) is 1. The second-order valence-electron chi connectivity index (χ2n) is 4.67. The van der Waals surface area contributed by atoms with Gasteiger partial charge in [-0.1, -0.05) is 50.4 Å². The van der Waals surface area contributed by atoms with Crippen molar-refractivity contribution >= 4 is 23.2 Å². The lowest BCUT2D eigenvalue weighted by atomic mass is 10.2. The van der Waals surface area contributed by atoms with Crippen molar-refractivity contribution in [1.82, 2.24) is 5.32 Å². The molecule has 102 valence electrons. The fourth-order valence-electron chi connectivity index (χ4n) is 1.64. The highest BCUT2D eigenvalue weighted by atomic mass is 35.5. The number of halogens is 2. The number of hydrogen-bond donors (Lipinski definition) is 1. The number of benzene rings is 1. The minimum atomic E-state index is 0.119. The van der Waals surface area contributed by atoms with Crippen LogP contribution in [0.4, 0.5) is 0 Å². The molecular weight excluding hydrogens is 269 g/mol. The number of hydrogen-bond acceptors (Lipinski definition) is 2. The van der Waals surface area contributed by atoms with Gasteiger partial charge in [-0.25, -0.2) is 0 Å². The van der Waals surface area contributed by atoms with Gasteiger partial charge in [0.2, 0.25) is 0 Å². The molecule has 1 unspecified atom stereocenters. The zero-order valence-electron chi connectivity index (χ0n) is 11.2. The van der Waals surface area contributed by atoms with Gasteiger partial charge in [0.05, 0.1) is 5.02 Å². The molecule has 1 atom stereocenters. The van der Waals surface area contributed by atoms with E-state index in [0.717, 1.165) is 19.4 Å². The second-order valence-corrected chi connectivity index (χ2v) is 5.51. The lowest BCUT2D eigenvalue weighted by molar-refractivity contribution is 0.183. The predicted molar refractivity (Wildman–Crippen MR) is 78.9 cm³/mol. The Morgan fingerprint density at radius 2 is 2.00 bits per heavy atom. The minimum absolute atomic E-state index is 0.119. The summed E-state index contributed by atoms with van der Waals surface area (Å²) in [6.07, 6.45) is 2.18. The van der Waals surface area contributed by atoms with Crippen LogP contribution < -0.4 is 10.1 Å². The van der Waals surface area contributed by atoms with Gasteiger partial charge >= 0.3 is 0 Å². The van der Waals surface area contributed by atoms with Gasteiger partial charge in [-0.3, -0.25) is 0 Å². The van der Waals surface area contributed by atoms with E-state index in [0.29, 0.717) is 21.8 Å². The van der Waals surface area contributed by atoms with Crippen LogP contribution >= 0.6 is 23.2 Å². The summed E-state index contributed by atoms with van der Waals surface area (Å²) in [6, 6.07) is 5.74. The van der Waals surface area contributed by atoms with Crippen LogP contribution in [0.15, 0.2) is 18.2 Å². The highest BCUT2D eigenvalue weighted by Gasteiger charge is 2.12. The maximum atomic E-state index is 6.10. The Bertz CT molecular complexity index is 369. The molecule has 0 bridgehead atoms. The third kappa shape index (κ3) is 5.47. The summed E-state index contributed by atoms with van der Waals surface area (Å²) < 4.78 is 5.94. The van der Waals surface area contributed by atoms with Crippen molar-refractivity contribution in [3.63, 3.8) is 0 Å². The Kier molecular flexibility index (Phi) is 6.83. The van der Waals surface area contributed by atoms with E-state index in [1.54, 1.807) is 18.2 Å². The molecule has 18 heavy (non-hydrogen) atoms. The molecule has 0 saturated carbocycles. The van der Waals surface area contributed by atoms with Crippen molar-refractivity contribution in [1.29, 1.82) is 0 Å². The maximum absolute atomic E-state index is 6.10. The van der Waals surface area contributed by atoms with Crippen molar-refractivity contribution in [2.45, 2.75) is 45.8 Å². The highest BCUT2D eigenvalue weighted by molar-refractivity contribution is 6.34. The molecule has 1 rings (SSSR count). The van der Waals surface area contributed by atoms with Crippen LogP contribution in [0.2, 0.25) is 10.0 Å². The van der Waals surface area contributed by atoms with Crippen LogP contribution in [-0.4, -0.2) is 18.7 Å². The molecule has 0 aliphatic rings. The number of nitrogens with one attached hydrogen (secondary N) is 1. The summed E-state index contributed by atoms with van der Waals surface area (Å²) in [7, 11) is 0. The molecule has 1 aromatic rings. The third-order valence-corrected chi connectivity index (χ3v) is 3.10. The molecule has 1 aromatic carbocycles. The Labute approximate surface area is 120 Å². The topological polar surface area (TPSA) is 21.3 Å². The average molecular weight is 290 g/mol. The summed E-state index contributed by atoms with van der Waals surface area (Å²) in [5, 5.41) is 4.63. The van der Waals surface area contributed by atoms with E-state index >= 15 is 0 Å². The molecule has 0 aliphatic carbocycles. The monoisotopic (exact) mass is 289 g/mol. The van der Waals surface area contributed by atoms with Gasteiger partial charge in [0.1, 0.15) is 11.9 Å². The molecule has 0 heterocycles. The van der Waals surface area contributed by atoms with Gasteiger partial charge in [0, 0.05) is 23.7 Å². The smallest absolute Gasteiger partial charge is 0.139 e. The fraction of sp³-hybridized carbons (Fsp3) is 0.571. The molecule has 0 spiro atoms. The third-order valence-electron chi connectivity index (χ3n) is 2.55. The van der Waals surface area contributed by atoms with Crippen LogP contribution in [0.1, 0.15) is 33.6 Å². The highest BCUT2D eigenvalue weighted by Crippen LogP contribution is 2.29. The van der Waals surface area contributed by atoms with Crippen molar-refractivity contribution in [3.05, 3.63) is 28.2 Å². The Morgan fingerprint density at radius 3 is 2.61 bits per heavy atom. The molecule has 1 N–H and O–H groups in total. The molecule has 0 radical (unpaired) electrons. The summed E-state index contributed by atoms with van der Waals surface area (Å²) in [5.74, 6) is 0.660. The van der Waals surface area contributed by atoms with Crippen LogP contribution in [0.5, 0.6) is 5.75 Å². The lowest BCUT2D eigenvalue weighted by Crippen LogP contribution is -2.35. The van der Waals surface area contributed by atoms with Gasteiger partial charge in [-0.15, -0.1) is 0 Å². The maximum Gasteiger partial charge on any atom is 0.139 e. The molecule has 0 aromatic heterocycles. The quantitative estimate of drug-likeness (QED) is 0.796. The van der Waals surface area contributed by atoms with Crippen LogP contribution in [0, 0.1) is 0 Å². The van der Waals surface area contributed by atoms with Gasteiger partial charge in [0.25, 0.3) is 0 Å². The summed E-state index contributed by atoms with van der Waals surface area (Å²) in [5.41, 5.74) is 0. The predicted octanol–water partition coefficient (Wildman–Crippen LogP) is 4.54. The van der Waals surface area contributed by atoms with E-state index in [9.17, 15) is 0 Å². The van der Waals surface area contributed by atoms with E-state index in [2.05, 4.69) is 26.1 Å². The Morgan fingerprint density at radius 1 is 1.28 bits per heavy atom. The molecule has 0 aliphatic heterocycles. The standard InChI is InChI=1S/C14H21Cl2NO/c1-4-5-12(9-17-10(2)3)18-14-8-11(15)6-7-13(14)16/h6-8,10,12,17H,4-5,9H2,1-3H3. The van der Waals surface area contributed by atoms with E-state index in [-0.39, 0.29) is 6.10 Å². The summed E-state index contributed by atoms with van der Waals surface area (Å²) in [6.45, 7) is 7.20. The molecular formula is C14H21Cl2NO. The van der Waals surface area contributed by atoms with Gasteiger partial charge in [-0.05, 0) is 18.6 Å². The van der Waals surface area contributed by atoms with E-state index in [1.165, 1.54) is 0 Å². The number of rotatable bonds is 7. The molecule has 0 fully saturated rings. The van der Waals surface area contributed by atoms with Gasteiger partial charge in [-0.2, -0.15) is 0 Å². The summed E-state index contributed by atoms with van der Waals surface area (Å²) >= 11 is 12.0. The van der Waals surface area contributed by atoms with Crippen molar-refractivity contribution in [2.75, 3.05) is 6.54 Å². The SMILES string of the molecule is CCCC(CNC(C)C)Oc1cc(Cl)ccc1Cl. The average Bonchev–Trinajstić information content (AvgIpc) is 2.31. The first-order valence-corrected chi connectivity index (χ1v) is 7.13. The van der Waals surface area contributed by atoms with Crippen LogP contribution in [0.3, 0.4) is 0 Å². The first-order chi connectivity index (χ1) is 8.52. The first-order valence-electron chi connectivity index (χ1n) is 6.38. The molecule has 4 heteroatoms. The minimum Gasteiger partial charge on any atom is -0.487 e. The fourth-order valence-corrected chi connectivity index (χ4v) is 1.96. The van der Waals surface area contributed by atoms with Gasteiger partial charge in [0.15, 0.2) is 0 Å². The largest absolute Gasteiger partial charge is 0.487 e. The van der Waals surface area contributed by atoms with Crippen molar-refractivity contribution < 1.29 is 4.74 Å². The first kappa shape index (κ1) is 15.6. The normalized spacial score (nSPS) is 12.8. The van der Waals surface area contributed by atoms with Gasteiger partial charge < -0.3 is 10.1 Å². The van der Waals surface area contributed by atoms with E-state index in [4.69, 9.17) is 27.9 Å². The van der Waals surface area contributed by atoms with E-state index < -0.39 is 0 Å². The zero-order chi connectivity index (χ0) is 13.5. The zero-order valence-corrected chi connectivity index (χ0v) is 12.7. The molecule has 0 saturated heterocycles. The van der Waals surface area contributed by atoms with Crippen molar-refractivity contribution in [2.24, 2.45) is 0 Å². The second kappa shape index (κ2) is 7.88. The Balaban J connectivity index is 2.66. The molecule has 0 amide bonds. The Hall–Kier alpha value is -0.440. The molecule has 2 nitrogen and oxygen atoms in total. The summed E-state index contributed by atoms with van der Waals surface area (Å²) in [4.78, 5) is 0. The van der Waals surface area contributed by atoms with Crippen LogP contribution in [-0.2, 0) is 0 Å². The van der Waals surface area contributed by atoms with E-state index in [1.807, 2.05) is 0 Å². The van der Waals surface area contributed by atoms with Crippen molar-refractivity contribution in [3.8, 4) is 5.75 Å². The van der Waals surface area contributed by atoms with Crippen LogP contribution in [0.25, 0.3) is 0 Å².